The number of nitrogens with zero attached hydrogens (tertiary/aromatic N) is 1. The molecule has 0 bridgehead atoms. The second-order valence-corrected chi connectivity index (χ2v) is 7.06. The lowest BCUT2D eigenvalue weighted by Gasteiger charge is -2.18. The predicted octanol–water partition coefficient (Wildman–Crippen LogP) is 6.11. The molecule has 154 valence electrons. The number of aryl methyl sites for hydroxylation is 1. The average Bonchev–Trinajstić information content (AvgIpc) is 2.78. The van der Waals surface area contributed by atoms with Crippen molar-refractivity contribution in [3.63, 3.8) is 0 Å². The summed E-state index contributed by atoms with van der Waals surface area (Å²) in [7, 11) is 1.65. The average molecular weight is 411 g/mol. The molecule has 0 unspecified atom stereocenters. The van der Waals surface area contributed by atoms with Crippen molar-refractivity contribution < 1.29 is 19.4 Å². The molecule has 5 nitrogen and oxygen atoms in total. The quantitative estimate of drug-likeness (QED) is 0.388. The van der Waals surface area contributed by atoms with E-state index in [-0.39, 0.29) is 0 Å². The Morgan fingerprint density at radius 3 is 2.35 bits per heavy atom. The first-order valence-corrected chi connectivity index (χ1v) is 9.76. The van der Waals surface area contributed by atoms with E-state index in [2.05, 4.69) is 18.0 Å². The summed E-state index contributed by atoms with van der Waals surface area (Å²) < 4.78 is 11.8. The molecule has 4 rings (SSSR count). The van der Waals surface area contributed by atoms with Gasteiger partial charge in [-0.2, -0.15) is 0 Å². The van der Waals surface area contributed by atoms with Crippen LogP contribution in [0, 0.1) is 6.92 Å². The monoisotopic (exact) mass is 411 g/mol. The van der Waals surface area contributed by atoms with Gasteiger partial charge in [-0.05, 0) is 77.5 Å². The molecule has 4 aromatic rings. The number of carboxylic acid groups (broad SMARTS) is 1. The van der Waals surface area contributed by atoms with Gasteiger partial charge in [0.2, 0.25) is 0 Å². The van der Waals surface area contributed by atoms with Gasteiger partial charge in [0.05, 0.1) is 7.11 Å². The molecule has 1 N–H and O–H groups in total. The van der Waals surface area contributed by atoms with E-state index in [0.717, 1.165) is 50.6 Å². The number of carbonyl (C=O) groups is 1. The number of rotatable bonds is 6. The molecule has 5 heteroatoms. The fourth-order valence-corrected chi connectivity index (χ4v) is 3.53. The predicted molar refractivity (Wildman–Crippen MR) is 122 cm³/mol. The van der Waals surface area contributed by atoms with Crippen molar-refractivity contribution in [3.05, 3.63) is 90.3 Å². The van der Waals surface area contributed by atoms with Crippen molar-refractivity contribution >= 4 is 22.8 Å². The van der Waals surface area contributed by atoms with E-state index in [0.29, 0.717) is 5.75 Å². The Balaban J connectivity index is 1.83. The number of methoxy groups -OCH3 is 1. The van der Waals surface area contributed by atoms with Crippen LogP contribution in [0.4, 0.5) is 0 Å². The van der Waals surface area contributed by atoms with Crippen molar-refractivity contribution in [2.45, 2.75) is 6.92 Å². The first kappa shape index (κ1) is 20.2. The molecule has 0 aliphatic rings. The van der Waals surface area contributed by atoms with Crippen LogP contribution in [-0.4, -0.2) is 23.2 Å². The highest BCUT2D eigenvalue weighted by Crippen LogP contribution is 2.42. The van der Waals surface area contributed by atoms with Gasteiger partial charge < -0.3 is 14.6 Å². The Bertz CT molecular complexity index is 1260. The molecule has 3 aromatic carbocycles. The summed E-state index contributed by atoms with van der Waals surface area (Å²) in [6.07, 6.45) is 6.18. The van der Waals surface area contributed by atoms with Gasteiger partial charge in [-0.15, -0.1) is 0 Å². The van der Waals surface area contributed by atoms with Gasteiger partial charge in [-0.3, -0.25) is 4.98 Å². The first-order chi connectivity index (χ1) is 15.0. The van der Waals surface area contributed by atoms with Crippen LogP contribution < -0.4 is 9.47 Å². The maximum absolute atomic E-state index is 10.7. The molecular weight excluding hydrogens is 390 g/mol. The zero-order valence-corrected chi connectivity index (χ0v) is 17.2. The molecule has 0 fully saturated rings. The number of carboxylic acids is 1. The Labute approximate surface area is 180 Å². The highest BCUT2D eigenvalue weighted by molar-refractivity contribution is 5.97. The Hall–Kier alpha value is -4.12. The van der Waals surface area contributed by atoms with Crippen LogP contribution in [0.5, 0.6) is 17.2 Å². The minimum atomic E-state index is -0.982. The molecule has 0 radical (unpaired) electrons. The Kier molecular flexibility index (Phi) is 5.67. The van der Waals surface area contributed by atoms with Crippen LogP contribution >= 0.6 is 0 Å². The third-order valence-corrected chi connectivity index (χ3v) is 4.98. The van der Waals surface area contributed by atoms with Gasteiger partial charge in [0.25, 0.3) is 0 Å². The van der Waals surface area contributed by atoms with Crippen molar-refractivity contribution in [2.24, 2.45) is 0 Å². The van der Waals surface area contributed by atoms with E-state index in [4.69, 9.17) is 14.6 Å². The van der Waals surface area contributed by atoms with E-state index < -0.39 is 5.97 Å². The van der Waals surface area contributed by atoms with Gasteiger partial charge in [0.15, 0.2) is 0 Å². The van der Waals surface area contributed by atoms with Crippen molar-refractivity contribution in [1.29, 1.82) is 0 Å². The number of aliphatic carboxylic acids is 1. The maximum Gasteiger partial charge on any atom is 0.328 e. The first-order valence-electron chi connectivity index (χ1n) is 9.76. The normalized spacial score (nSPS) is 11.0. The van der Waals surface area contributed by atoms with Crippen LogP contribution in [0.3, 0.4) is 0 Å². The van der Waals surface area contributed by atoms with Gasteiger partial charge in [0, 0.05) is 29.4 Å². The second-order valence-electron chi connectivity index (χ2n) is 7.06. The van der Waals surface area contributed by atoms with E-state index in [1.54, 1.807) is 25.6 Å². The summed E-state index contributed by atoms with van der Waals surface area (Å²) in [5.41, 5.74) is 3.86. The third-order valence-electron chi connectivity index (χ3n) is 4.98. The third kappa shape index (κ3) is 4.41. The number of fused-ring (bicyclic) bond motifs is 1. The lowest BCUT2D eigenvalue weighted by atomic mass is 9.95. The zero-order valence-electron chi connectivity index (χ0n) is 17.2. The molecule has 31 heavy (non-hydrogen) atoms. The van der Waals surface area contributed by atoms with Crippen molar-refractivity contribution in [2.75, 3.05) is 7.11 Å². The minimum absolute atomic E-state index is 0.658. The van der Waals surface area contributed by atoms with E-state index in [1.807, 2.05) is 54.6 Å². The number of aromatic nitrogens is 1. The molecule has 0 aliphatic carbocycles. The minimum Gasteiger partial charge on any atom is -0.497 e. The maximum atomic E-state index is 10.7. The molecular formula is C26H21NO4. The fourth-order valence-electron chi connectivity index (χ4n) is 3.53. The number of ether oxygens (including phenoxy) is 2. The van der Waals surface area contributed by atoms with Crippen molar-refractivity contribution in [3.8, 4) is 28.4 Å². The van der Waals surface area contributed by atoms with Crippen molar-refractivity contribution in [1.82, 2.24) is 4.98 Å². The Morgan fingerprint density at radius 1 is 0.968 bits per heavy atom. The summed E-state index contributed by atoms with van der Waals surface area (Å²) in [6, 6.07) is 19.3. The number of pyridine rings is 1. The molecule has 1 aromatic heterocycles. The highest BCUT2D eigenvalue weighted by atomic mass is 16.5. The van der Waals surface area contributed by atoms with Crippen LogP contribution in [0.1, 0.15) is 11.1 Å². The summed E-state index contributed by atoms with van der Waals surface area (Å²) in [5.74, 6) is 1.20. The van der Waals surface area contributed by atoms with Gasteiger partial charge in [-0.25, -0.2) is 4.79 Å². The van der Waals surface area contributed by atoms with Crippen LogP contribution in [0.25, 0.3) is 28.0 Å². The number of hydrogen-bond donors (Lipinski definition) is 1. The number of benzene rings is 3. The van der Waals surface area contributed by atoms with E-state index in [9.17, 15) is 4.79 Å². The zero-order chi connectivity index (χ0) is 21.8. The lowest BCUT2D eigenvalue weighted by molar-refractivity contribution is -0.131. The fraction of sp³-hybridized carbons (Fsp3) is 0.0769. The topological polar surface area (TPSA) is 68.7 Å². The molecule has 0 spiro atoms. The Morgan fingerprint density at radius 2 is 1.68 bits per heavy atom. The molecule has 0 amide bonds. The summed E-state index contributed by atoms with van der Waals surface area (Å²) >= 11 is 0. The summed E-state index contributed by atoms with van der Waals surface area (Å²) in [6.45, 7) is 2.06. The summed E-state index contributed by atoms with van der Waals surface area (Å²) in [5, 5.41) is 10.8. The van der Waals surface area contributed by atoms with Gasteiger partial charge in [-0.1, -0.05) is 18.2 Å². The van der Waals surface area contributed by atoms with Crippen LogP contribution in [0.15, 0.2) is 79.1 Å². The van der Waals surface area contributed by atoms with Gasteiger partial charge in [0.1, 0.15) is 17.2 Å². The van der Waals surface area contributed by atoms with Gasteiger partial charge >= 0.3 is 5.97 Å². The molecule has 0 atom stereocenters. The lowest BCUT2D eigenvalue weighted by Crippen LogP contribution is -1.94. The molecule has 1 heterocycles. The molecule has 0 saturated carbocycles. The van der Waals surface area contributed by atoms with Crippen LogP contribution in [-0.2, 0) is 4.79 Å². The highest BCUT2D eigenvalue weighted by Gasteiger charge is 2.16. The SMILES string of the molecule is COc1ccc2c(Oc3ccc(/C=C/C(=O)O)cc3)c(-c3ccncc3)c(C)cc2c1. The van der Waals surface area contributed by atoms with E-state index >= 15 is 0 Å². The number of hydrogen-bond acceptors (Lipinski definition) is 4. The smallest absolute Gasteiger partial charge is 0.328 e. The summed E-state index contributed by atoms with van der Waals surface area (Å²) in [4.78, 5) is 14.9. The molecule has 0 aliphatic heterocycles. The second kappa shape index (κ2) is 8.71. The molecule has 0 saturated heterocycles. The standard InChI is InChI=1S/C26H21NO4/c1-17-15-20-16-22(30-2)8-9-23(20)26(25(17)19-11-13-27-14-12-19)31-21-6-3-18(4-7-21)5-10-24(28)29/h3-16H,1-2H3,(H,28,29)/b10-5+. The van der Waals surface area contributed by atoms with E-state index in [1.165, 1.54) is 0 Å². The van der Waals surface area contributed by atoms with Crippen LogP contribution in [0.2, 0.25) is 0 Å². The largest absolute Gasteiger partial charge is 0.497 e.